The van der Waals surface area contributed by atoms with Crippen LogP contribution in [0.15, 0.2) is 0 Å². The summed E-state index contributed by atoms with van der Waals surface area (Å²) in [6.45, 7) is 16.2. The summed E-state index contributed by atoms with van der Waals surface area (Å²) in [6, 6.07) is 0. The number of hydrogen-bond donors (Lipinski definition) is 1. The molecule has 2 unspecified atom stereocenters. The molecular weight excluding hydrogens is 224 g/mol. The number of ether oxygens (including phenoxy) is 1. The van der Waals surface area contributed by atoms with Crippen molar-refractivity contribution in [3.8, 4) is 0 Å². The molecule has 1 fully saturated rings. The van der Waals surface area contributed by atoms with E-state index < -0.39 is 0 Å². The number of methoxy groups -OCH3 is 1. The zero-order valence-electron chi connectivity index (χ0n) is 13.0. The van der Waals surface area contributed by atoms with Gasteiger partial charge in [0.25, 0.3) is 0 Å². The maximum Gasteiger partial charge on any atom is 0.0467 e. The molecule has 0 saturated carbocycles. The summed E-state index contributed by atoms with van der Waals surface area (Å²) < 4.78 is 5.23. The third-order valence-electron chi connectivity index (χ3n) is 3.76. The Labute approximate surface area is 113 Å². The Hall–Kier alpha value is -0.120. The van der Waals surface area contributed by atoms with Crippen LogP contribution in [0.1, 0.15) is 34.1 Å². The number of nitrogens with one attached hydrogen (secondary N) is 1. The lowest BCUT2D eigenvalue weighted by Crippen LogP contribution is -2.45. The Morgan fingerprint density at radius 1 is 1.17 bits per heavy atom. The Kier molecular flexibility index (Phi) is 6.61. The number of hydrogen-bond acceptors (Lipinski definition) is 3. The Morgan fingerprint density at radius 2 is 1.72 bits per heavy atom. The van der Waals surface area contributed by atoms with Crippen molar-refractivity contribution in [1.82, 2.24) is 10.2 Å². The largest absolute Gasteiger partial charge is 0.385 e. The van der Waals surface area contributed by atoms with Gasteiger partial charge in [-0.05, 0) is 36.8 Å². The first kappa shape index (κ1) is 15.9. The van der Waals surface area contributed by atoms with E-state index in [1.807, 2.05) is 0 Å². The maximum atomic E-state index is 5.23. The van der Waals surface area contributed by atoms with Gasteiger partial charge in [0, 0.05) is 33.4 Å². The first-order valence-corrected chi connectivity index (χ1v) is 7.35. The van der Waals surface area contributed by atoms with Crippen LogP contribution >= 0.6 is 0 Å². The van der Waals surface area contributed by atoms with E-state index in [-0.39, 0.29) is 0 Å². The predicted molar refractivity (Wildman–Crippen MR) is 77.9 cm³/mol. The summed E-state index contributed by atoms with van der Waals surface area (Å²) in [5.74, 6) is 1.49. The van der Waals surface area contributed by atoms with Crippen molar-refractivity contribution >= 4 is 0 Å². The minimum atomic E-state index is 0.349. The molecule has 0 bridgehead atoms. The Balaban J connectivity index is 2.49. The van der Waals surface area contributed by atoms with E-state index in [9.17, 15) is 0 Å². The molecule has 1 heterocycles. The normalized spacial score (nSPS) is 27.8. The van der Waals surface area contributed by atoms with Gasteiger partial charge in [-0.1, -0.05) is 27.7 Å². The minimum absolute atomic E-state index is 0.349. The molecule has 0 aromatic carbocycles. The molecule has 1 saturated heterocycles. The molecule has 1 rings (SSSR count). The minimum Gasteiger partial charge on any atom is -0.385 e. The summed E-state index contributed by atoms with van der Waals surface area (Å²) in [5, 5.41) is 3.56. The lowest BCUT2D eigenvalue weighted by molar-refractivity contribution is 0.0951. The van der Waals surface area contributed by atoms with E-state index >= 15 is 0 Å². The second kappa shape index (κ2) is 7.46. The molecule has 2 atom stereocenters. The molecular formula is C15H32N2O. The molecule has 108 valence electrons. The van der Waals surface area contributed by atoms with Crippen molar-refractivity contribution < 1.29 is 4.74 Å². The smallest absolute Gasteiger partial charge is 0.0467 e. The summed E-state index contributed by atoms with van der Waals surface area (Å²) in [7, 11) is 1.79. The lowest BCUT2D eigenvalue weighted by Gasteiger charge is -2.37. The van der Waals surface area contributed by atoms with Crippen LogP contribution in [-0.4, -0.2) is 51.3 Å². The molecule has 0 aromatic rings. The molecule has 0 aliphatic carbocycles. The number of nitrogens with zero attached hydrogens (tertiary/aromatic N) is 1. The summed E-state index contributed by atoms with van der Waals surface area (Å²) in [4.78, 5) is 2.66. The first-order valence-electron chi connectivity index (χ1n) is 7.35. The number of rotatable bonds is 5. The van der Waals surface area contributed by atoms with Gasteiger partial charge in [0.05, 0.1) is 0 Å². The molecule has 3 heteroatoms. The van der Waals surface area contributed by atoms with Crippen LogP contribution in [0.3, 0.4) is 0 Å². The highest BCUT2D eigenvalue weighted by molar-refractivity contribution is 4.79. The van der Waals surface area contributed by atoms with Crippen LogP contribution in [0.25, 0.3) is 0 Å². The Bertz CT molecular complexity index is 219. The SMILES string of the molecule is COCCC(C)(C)CN1CC(C)CNCC(C)C1. The lowest BCUT2D eigenvalue weighted by atomic mass is 9.88. The highest BCUT2D eigenvalue weighted by atomic mass is 16.5. The summed E-state index contributed by atoms with van der Waals surface area (Å²) in [6.07, 6.45) is 1.14. The second-order valence-corrected chi connectivity index (χ2v) is 6.97. The first-order chi connectivity index (χ1) is 8.43. The molecule has 3 nitrogen and oxygen atoms in total. The van der Waals surface area contributed by atoms with E-state index in [1.54, 1.807) is 7.11 Å². The average Bonchev–Trinajstić information content (AvgIpc) is 2.23. The fraction of sp³-hybridized carbons (Fsp3) is 1.00. The molecule has 1 aliphatic heterocycles. The van der Waals surface area contributed by atoms with Crippen molar-refractivity contribution in [2.45, 2.75) is 34.1 Å². The summed E-state index contributed by atoms with van der Waals surface area (Å²) in [5.41, 5.74) is 0.349. The molecule has 0 aromatic heterocycles. The monoisotopic (exact) mass is 256 g/mol. The van der Waals surface area contributed by atoms with Crippen LogP contribution in [0.2, 0.25) is 0 Å². The van der Waals surface area contributed by atoms with Crippen molar-refractivity contribution in [2.24, 2.45) is 17.3 Å². The standard InChI is InChI=1S/C15H32N2O/c1-13-8-16-9-14(2)11-17(10-13)12-15(3,4)6-7-18-5/h13-14,16H,6-12H2,1-5H3. The van der Waals surface area contributed by atoms with E-state index in [4.69, 9.17) is 4.74 Å². The zero-order valence-corrected chi connectivity index (χ0v) is 13.0. The second-order valence-electron chi connectivity index (χ2n) is 6.97. The molecule has 1 N–H and O–H groups in total. The van der Waals surface area contributed by atoms with Gasteiger partial charge in [0.1, 0.15) is 0 Å². The van der Waals surface area contributed by atoms with Gasteiger partial charge in [0.15, 0.2) is 0 Å². The maximum absolute atomic E-state index is 5.23. The highest BCUT2D eigenvalue weighted by Crippen LogP contribution is 2.23. The molecule has 0 radical (unpaired) electrons. The van der Waals surface area contributed by atoms with Gasteiger partial charge < -0.3 is 15.0 Å². The van der Waals surface area contributed by atoms with E-state index in [1.165, 1.54) is 19.6 Å². The van der Waals surface area contributed by atoms with Gasteiger partial charge in [-0.25, -0.2) is 0 Å². The van der Waals surface area contributed by atoms with E-state index in [0.29, 0.717) is 5.41 Å². The van der Waals surface area contributed by atoms with Crippen molar-refractivity contribution in [3.63, 3.8) is 0 Å². The van der Waals surface area contributed by atoms with E-state index in [0.717, 1.165) is 38.0 Å². The quantitative estimate of drug-likeness (QED) is 0.816. The predicted octanol–water partition coefficient (Wildman–Crippen LogP) is 2.23. The van der Waals surface area contributed by atoms with Crippen LogP contribution < -0.4 is 5.32 Å². The topological polar surface area (TPSA) is 24.5 Å². The molecule has 18 heavy (non-hydrogen) atoms. The fourth-order valence-electron chi connectivity index (χ4n) is 2.85. The fourth-order valence-corrected chi connectivity index (χ4v) is 2.85. The zero-order chi connectivity index (χ0) is 13.6. The molecule has 1 aliphatic rings. The molecule has 0 amide bonds. The van der Waals surface area contributed by atoms with Crippen molar-refractivity contribution in [3.05, 3.63) is 0 Å². The van der Waals surface area contributed by atoms with Crippen LogP contribution in [0.5, 0.6) is 0 Å². The average molecular weight is 256 g/mol. The van der Waals surface area contributed by atoms with Crippen LogP contribution in [-0.2, 0) is 4.74 Å². The third kappa shape index (κ3) is 6.17. The Morgan fingerprint density at radius 3 is 2.22 bits per heavy atom. The van der Waals surface area contributed by atoms with Gasteiger partial charge in [-0.2, -0.15) is 0 Å². The highest BCUT2D eigenvalue weighted by Gasteiger charge is 2.24. The van der Waals surface area contributed by atoms with Gasteiger partial charge >= 0.3 is 0 Å². The summed E-state index contributed by atoms with van der Waals surface area (Å²) >= 11 is 0. The van der Waals surface area contributed by atoms with Gasteiger partial charge in [-0.3, -0.25) is 0 Å². The van der Waals surface area contributed by atoms with Crippen molar-refractivity contribution in [1.29, 1.82) is 0 Å². The van der Waals surface area contributed by atoms with Crippen molar-refractivity contribution in [2.75, 3.05) is 46.4 Å². The molecule has 0 spiro atoms. The van der Waals surface area contributed by atoms with Crippen LogP contribution in [0.4, 0.5) is 0 Å². The third-order valence-corrected chi connectivity index (χ3v) is 3.76. The van der Waals surface area contributed by atoms with Crippen LogP contribution in [0, 0.1) is 17.3 Å². The van der Waals surface area contributed by atoms with Gasteiger partial charge in [-0.15, -0.1) is 0 Å². The van der Waals surface area contributed by atoms with E-state index in [2.05, 4.69) is 37.9 Å². The van der Waals surface area contributed by atoms with Gasteiger partial charge in [0.2, 0.25) is 0 Å².